The van der Waals surface area contributed by atoms with Crippen LogP contribution in [0, 0.1) is 0 Å². The van der Waals surface area contributed by atoms with E-state index in [1.807, 2.05) is 18.2 Å². The molecule has 0 aromatic heterocycles. The van der Waals surface area contributed by atoms with Gasteiger partial charge < -0.3 is 14.8 Å². The van der Waals surface area contributed by atoms with Crippen LogP contribution in [-0.2, 0) is 6.54 Å². The van der Waals surface area contributed by atoms with Gasteiger partial charge in [-0.3, -0.25) is 0 Å². The average molecular weight is 242 g/mol. The first-order chi connectivity index (χ1) is 7.69. The molecule has 0 aliphatic carbocycles. The standard InChI is InChI=1S/C12H16ClNO2/c1-9(13)7-14-8-10-5-4-6-11(15-2)12(10)16-3/h4-6,14H,1,7-8H2,2-3H3. The summed E-state index contributed by atoms with van der Waals surface area (Å²) in [6.45, 7) is 4.84. The van der Waals surface area contributed by atoms with Gasteiger partial charge in [0.15, 0.2) is 11.5 Å². The Morgan fingerprint density at radius 3 is 2.69 bits per heavy atom. The van der Waals surface area contributed by atoms with Crippen molar-refractivity contribution in [3.63, 3.8) is 0 Å². The molecule has 0 amide bonds. The highest BCUT2D eigenvalue weighted by Gasteiger charge is 2.08. The number of nitrogens with one attached hydrogen (secondary N) is 1. The van der Waals surface area contributed by atoms with Crippen molar-refractivity contribution in [3.8, 4) is 11.5 Å². The number of para-hydroxylation sites is 1. The number of benzene rings is 1. The first-order valence-electron chi connectivity index (χ1n) is 4.93. The monoisotopic (exact) mass is 241 g/mol. The van der Waals surface area contributed by atoms with Crippen molar-refractivity contribution in [2.75, 3.05) is 20.8 Å². The van der Waals surface area contributed by atoms with Crippen LogP contribution in [0.4, 0.5) is 0 Å². The maximum Gasteiger partial charge on any atom is 0.165 e. The Hall–Kier alpha value is -1.19. The van der Waals surface area contributed by atoms with E-state index in [-0.39, 0.29) is 0 Å². The van der Waals surface area contributed by atoms with Gasteiger partial charge in [-0.05, 0) is 6.07 Å². The van der Waals surface area contributed by atoms with Gasteiger partial charge in [0.1, 0.15) is 0 Å². The molecule has 0 saturated heterocycles. The van der Waals surface area contributed by atoms with Gasteiger partial charge in [0, 0.05) is 23.7 Å². The maximum absolute atomic E-state index is 5.66. The molecule has 1 N–H and O–H groups in total. The second-order valence-electron chi connectivity index (χ2n) is 3.27. The molecule has 16 heavy (non-hydrogen) atoms. The third-order valence-electron chi connectivity index (χ3n) is 2.12. The zero-order valence-electron chi connectivity index (χ0n) is 9.55. The summed E-state index contributed by atoms with van der Waals surface area (Å²) in [6.07, 6.45) is 0. The van der Waals surface area contributed by atoms with Gasteiger partial charge in [-0.15, -0.1) is 0 Å². The molecule has 0 bridgehead atoms. The first-order valence-corrected chi connectivity index (χ1v) is 5.30. The van der Waals surface area contributed by atoms with Crippen LogP contribution in [0.5, 0.6) is 11.5 Å². The molecule has 0 fully saturated rings. The van der Waals surface area contributed by atoms with Crippen molar-refractivity contribution in [1.29, 1.82) is 0 Å². The molecule has 88 valence electrons. The van der Waals surface area contributed by atoms with E-state index in [9.17, 15) is 0 Å². The summed E-state index contributed by atoms with van der Waals surface area (Å²) in [5.74, 6) is 1.48. The van der Waals surface area contributed by atoms with Gasteiger partial charge in [-0.1, -0.05) is 30.3 Å². The summed E-state index contributed by atoms with van der Waals surface area (Å²) in [6, 6.07) is 5.77. The Morgan fingerprint density at radius 2 is 2.12 bits per heavy atom. The van der Waals surface area contributed by atoms with E-state index in [1.54, 1.807) is 14.2 Å². The summed E-state index contributed by atoms with van der Waals surface area (Å²) >= 11 is 5.66. The molecule has 0 atom stereocenters. The normalized spacial score (nSPS) is 9.94. The summed E-state index contributed by atoms with van der Waals surface area (Å²) < 4.78 is 10.5. The highest BCUT2D eigenvalue weighted by molar-refractivity contribution is 6.29. The van der Waals surface area contributed by atoms with Crippen molar-refractivity contribution >= 4 is 11.6 Å². The lowest BCUT2D eigenvalue weighted by molar-refractivity contribution is 0.351. The molecule has 0 aliphatic heterocycles. The van der Waals surface area contributed by atoms with Crippen molar-refractivity contribution in [2.24, 2.45) is 0 Å². The van der Waals surface area contributed by atoms with Gasteiger partial charge in [0.2, 0.25) is 0 Å². The van der Waals surface area contributed by atoms with Gasteiger partial charge >= 0.3 is 0 Å². The van der Waals surface area contributed by atoms with E-state index in [2.05, 4.69) is 11.9 Å². The average Bonchev–Trinajstić information content (AvgIpc) is 2.28. The zero-order chi connectivity index (χ0) is 12.0. The maximum atomic E-state index is 5.66. The van der Waals surface area contributed by atoms with Crippen LogP contribution in [0.1, 0.15) is 5.56 Å². The fourth-order valence-corrected chi connectivity index (χ4v) is 1.52. The Balaban J connectivity index is 2.74. The molecule has 4 heteroatoms. The second kappa shape index (κ2) is 6.40. The smallest absolute Gasteiger partial charge is 0.165 e. The third kappa shape index (κ3) is 3.43. The lowest BCUT2D eigenvalue weighted by atomic mass is 10.2. The van der Waals surface area contributed by atoms with Gasteiger partial charge in [-0.2, -0.15) is 0 Å². The highest BCUT2D eigenvalue weighted by Crippen LogP contribution is 2.30. The van der Waals surface area contributed by atoms with Gasteiger partial charge in [0.05, 0.1) is 14.2 Å². The van der Waals surface area contributed by atoms with Crippen LogP contribution in [0.15, 0.2) is 29.8 Å². The fraction of sp³-hybridized carbons (Fsp3) is 0.333. The predicted octanol–water partition coefficient (Wildman–Crippen LogP) is 2.55. The molecular weight excluding hydrogens is 226 g/mol. The number of hydrogen-bond acceptors (Lipinski definition) is 3. The van der Waals surface area contributed by atoms with Crippen LogP contribution < -0.4 is 14.8 Å². The molecule has 1 aromatic carbocycles. The van der Waals surface area contributed by atoms with E-state index >= 15 is 0 Å². The highest BCUT2D eigenvalue weighted by atomic mass is 35.5. The SMILES string of the molecule is C=C(Cl)CNCc1cccc(OC)c1OC. The van der Waals surface area contributed by atoms with Crippen molar-refractivity contribution in [3.05, 3.63) is 35.4 Å². The quantitative estimate of drug-likeness (QED) is 0.830. The largest absolute Gasteiger partial charge is 0.493 e. The van der Waals surface area contributed by atoms with Crippen molar-refractivity contribution in [1.82, 2.24) is 5.32 Å². The van der Waals surface area contributed by atoms with Gasteiger partial charge in [-0.25, -0.2) is 0 Å². The number of methoxy groups -OCH3 is 2. The minimum atomic E-state index is 0.571. The number of hydrogen-bond donors (Lipinski definition) is 1. The number of halogens is 1. The van der Waals surface area contributed by atoms with E-state index in [0.717, 1.165) is 17.1 Å². The number of ether oxygens (including phenoxy) is 2. The molecule has 3 nitrogen and oxygen atoms in total. The molecule has 0 saturated carbocycles. The molecule has 0 aliphatic rings. The topological polar surface area (TPSA) is 30.5 Å². The summed E-state index contributed by atoms with van der Waals surface area (Å²) in [4.78, 5) is 0. The molecule has 1 rings (SSSR count). The van der Waals surface area contributed by atoms with Crippen LogP contribution in [0.2, 0.25) is 0 Å². The van der Waals surface area contributed by atoms with Crippen LogP contribution in [0.3, 0.4) is 0 Å². The summed E-state index contributed by atoms with van der Waals surface area (Å²) in [5, 5.41) is 3.75. The van der Waals surface area contributed by atoms with Crippen molar-refractivity contribution < 1.29 is 9.47 Å². The van der Waals surface area contributed by atoms with E-state index in [1.165, 1.54) is 0 Å². The van der Waals surface area contributed by atoms with E-state index in [0.29, 0.717) is 18.1 Å². The Bertz CT molecular complexity index is 366. The van der Waals surface area contributed by atoms with Gasteiger partial charge in [0.25, 0.3) is 0 Å². The van der Waals surface area contributed by atoms with Crippen LogP contribution in [-0.4, -0.2) is 20.8 Å². The molecule has 0 spiro atoms. The molecule has 0 radical (unpaired) electrons. The molecule has 0 heterocycles. The van der Waals surface area contributed by atoms with Crippen molar-refractivity contribution in [2.45, 2.75) is 6.54 Å². The Morgan fingerprint density at radius 1 is 1.38 bits per heavy atom. The zero-order valence-corrected chi connectivity index (χ0v) is 10.3. The molecular formula is C12H16ClNO2. The Labute approximate surface area is 101 Å². The summed E-state index contributed by atoms with van der Waals surface area (Å²) in [5.41, 5.74) is 1.03. The van der Waals surface area contributed by atoms with Crippen LogP contribution in [0.25, 0.3) is 0 Å². The third-order valence-corrected chi connectivity index (χ3v) is 2.25. The minimum absolute atomic E-state index is 0.571. The second-order valence-corrected chi connectivity index (χ2v) is 3.81. The summed E-state index contributed by atoms with van der Waals surface area (Å²) in [7, 11) is 3.25. The van der Waals surface area contributed by atoms with E-state index < -0.39 is 0 Å². The molecule has 1 aromatic rings. The lowest BCUT2D eigenvalue weighted by Crippen LogP contribution is -2.15. The minimum Gasteiger partial charge on any atom is -0.493 e. The predicted molar refractivity (Wildman–Crippen MR) is 66.2 cm³/mol. The fourth-order valence-electron chi connectivity index (χ4n) is 1.43. The Kier molecular flexibility index (Phi) is 5.15. The lowest BCUT2D eigenvalue weighted by Gasteiger charge is -2.12. The first kappa shape index (κ1) is 12.9. The van der Waals surface area contributed by atoms with Crippen LogP contribution >= 0.6 is 11.6 Å². The number of rotatable bonds is 6. The molecule has 0 unspecified atom stereocenters. The van der Waals surface area contributed by atoms with E-state index in [4.69, 9.17) is 21.1 Å².